The van der Waals surface area contributed by atoms with Gasteiger partial charge in [-0.25, -0.2) is 8.78 Å². The van der Waals surface area contributed by atoms with Crippen LogP contribution in [0.5, 0.6) is 0 Å². The van der Waals surface area contributed by atoms with E-state index in [9.17, 15) is 13.6 Å². The average molecular weight is 387 g/mol. The largest absolute Gasteiger partial charge is 0.366 e. The Bertz CT molecular complexity index is 879. The molecular weight excluding hydrogens is 364 g/mol. The molecular formula is C20H23F2N5O. The number of anilines is 1. The van der Waals surface area contributed by atoms with Gasteiger partial charge in [0.15, 0.2) is 5.96 Å². The van der Waals surface area contributed by atoms with Crippen LogP contribution in [0, 0.1) is 11.6 Å². The standard InChI is InChI=1S/C20H23F2N5O/c1-24-20(25-13-14-3-2-4-15(11-14)19(23)28)27-9-7-26(8-10-27)18-12-16(21)5-6-17(18)22/h2-6,11-12H,7-10,13H2,1H3,(H2,23,28)(H,24,25). The minimum absolute atomic E-state index is 0.283. The molecule has 0 radical (unpaired) electrons. The van der Waals surface area contributed by atoms with E-state index in [4.69, 9.17) is 5.73 Å². The van der Waals surface area contributed by atoms with Crippen LogP contribution in [-0.2, 0) is 6.54 Å². The number of nitrogens with two attached hydrogens (primary N) is 1. The van der Waals surface area contributed by atoms with E-state index in [1.807, 2.05) is 11.0 Å². The van der Waals surface area contributed by atoms with E-state index in [1.165, 1.54) is 6.07 Å². The molecule has 6 nitrogen and oxygen atoms in total. The third-order valence-corrected chi connectivity index (χ3v) is 4.70. The Kier molecular flexibility index (Phi) is 6.08. The number of carbonyl (C=O) groups is 1. The lowest BCUT2D eigenvalue weighted by atomic mass is 10.1. The van der Waals surface area contributed by atoms with Gasteiger partial charge in [0.05, 0.1) is 5.69 Å². The number of nitrogens with zero attached hydrogens (tertiary/aromatic N) is 3. The molecule has 0 saturated carbocycles. The lowest BCUT2D eigenvalue weighted by Crippen LogP contribution is -2.52. The van der Waals surface area contributed by atoms with Gasteiger partial charge in [-0.2, -0.15) is 0 Å². The molecule has 2 aromatic carbocycles. The smallest absolute Gasteiger partial charge is 0.248 e. The number of hydrogen-bond donors (Lipinski definition) is 2. The Morgan fingerprint density at radius 3 is 2.57 bits per heavy atom. The quantitative estimate of drug-likeness (QED) is 0.621. The summed E-state index contributed by atoms with van der Waals surface area (Å²) in [6.07, 6.45) is 0. The van der Waals surface area contributed by atoms with Crippen LogP contribution in [-0.4, -0.2) is 50.0 Å². The molecule has 1 amide bonds. The van der Waals surface area contributed by atoms with Crippen molar-refractivity contribution in [1.29, 1.82) is 0 Å². The molecule has 2 aromatic rings. The Labute approximate surface area is 162 Å². The maximum atomic E-state index is 14.0. The summed E-state index contributed by atoms with van der Waals surface area (Å²) in [6, 6.07) is 10.6. The van der Waals surface area contributed by atoms with Crippen LogP contribution in [0.4, 0.5) is 14.5 Å². The zero-order chi connectivity index (χ0) is 20.1. The molecule has 0 atom stereocenters. The van der Waals surface area contributed by atoms with Gasteiger partial charge in [-0.3, -0.25) is 9.79 Å². The van der Waals surface area contributed by atoms with Crippen molar-refractivity contribution >= 4 is 17.6 Å². The minimum atomic E-state index is -0.466. The summed E-state index contributed by atoms with van der Waals surface area (Å²) in [5.74, 6) is -0.628. The molecule has 148 valence electrons. The molecule has 1 aliphatic heterocycles. The van der Waals surface area contributed by atoms with Crippen LogP contribution in [0.3, 0.4) is 0 Å². The minimum Gasteiger partial charge on any atom is -0.366 e. The fourth-order valence-corrected chi connectivity index (χ4v) is 3.24. The number of nitrogens with one attached hydrogen (secondary N) is 1. The van der Waals surface area contributed by atoms with Crippen molar-refractivity contribution in [3.8, 4) is 0 Å². The molecule has 3 rings (SSSR count). The van der Waals surface area contributed by atoms with Gasteiger partial charge < -0.3 is 20.9 Å². The van der Waals surface area contributed by atoms with E-state index < -0.39 is 17.5 Å². The fourth-order valence-electron chi connectivity index (χ4n) is 3.24. The van der Waals surface area contributed by atoms with Gasteiger partial charge in [0.1, 0.15) is 11.6 Å². The van der Waals surface area contributed by atoms with E-state index in [0.29, 0.717) is 44.2 Å². The number of benzene rings is 2. The molecule has 1 heterocycles. The molecule has 3 N–H and O–H groups in total. The highest BCUT2D eigenvalue weighted by Crippen LogP contribution is 2.22. The molecule has 0 aliphatic carbocycles. The third kappa shape index (κ3) is 4.57. The summed E-state index contributed by atoms with van der Waals surface area (Å²) >= 11 is 0. The number of hydrogen-bond acceptors (Lipinski definition) is 3. The number of rotatable bonds is 4. The van der Waals surface area contributed by atoms with Crippen LogP contribution in [0.25, 0.3) is 0 Å². The molecule has 28 heavy (non-hydrogen) atoms. The highest BCUT2D eigenvalue weighted by Gasteiger charge is 2.22. The second-order valence-corrected chi connectivity index (χ2v) is 6.54. The van der Waals surface area contributed by atoms with E-state index in [1.54, 1.807) is 25.2 Å². The van der Waals surface area contributed by atoms with Gasteiger partial charge in [-0.15, -0.1) is 0 Å². The Hall–Kier alpha value is -3.16. The van der Waals surface area contributed by atoms with E-state index >= 15 is 0 Å². The second kappa shape index (κ2) is 8.69. The molecule has 1 aliphatic rings. The number of piperazine rings is 1. The van der Waals surface area contributed by atoms with Crippen LogP contribution in [0.2, 0.25) is 0 Å². The third-order valence-electron chi connectivity index (χ3n) is 4.70. The zero-order valence-electron chi connectivity index (χ0n) is 15.7. The molecule has 0 spiro atoms. The zero-order valence-corrected chi connectivity index (χ0v) is 15.7. The van der Waals surface area contributed by atoms with Crippen LogP contribution in [0.1, 0.15) is 15.9 Å². The number of carbonyl (C=O) groups excluding carboxylic acids is 1. The number of guanidine groups is 1. The van der Waals surface area contributed by atoms with Gasteiger partial charge in [0.25, 0.3) is 0 Å². The molecule has 0 unspecified atom stereocenters. The van der Waals surface area contributed by atoms with Crippen molar-refractivity contribution in [3.63, 3.8) is 0 Å². The van der Waals surface area contributed by atoms with Crippen LogP contribution < -0.4 is 16.0 Å². The number of primary amides is 1. The second-order valence-electron chi connectivity index (χ2n) is 6.54. The maximum Gasteiger partial charge on any atom is 0.248 e. The van der Waals surface area contributed by atoms with Gasteiger partial charge in [-0.05, 0) is 29.8 Å². The number of aliphatic imine (C=N–C) groups is 1. The van der Waals surface area contributed by atoms with Gasteiger partial charge in [0.2, 0.25) is 5.91 Å². The maximum absolute atomic E-state index is 14.0. The Morgan fingerprint density at radius 2 is 1.89 bits per heavy atom. The lowest BCUT2D eigenvalue weighted by Gasteiger charge is -2.37. The molecule has 1 fully saturated rings. The van der Waals surface area contributed by atoms with Crippen molar-refractivity contribution in [2.45, 2.75) is 6.54 Å². The van der Waals surface area contributed by atoms with E-state index in [2.05, 4.69) is 15.2 Å². The van der Waals surface area contributed by atoms with Crippen LogP contribution in [0.15, 0.2) is 47.5 Å². The van der Waals surface area contributed by atoms with Gasteiger partial charge in [-0.1, -0.05) is 12.1 Å². The van der Waals surface area contributed by atoms with Crippen molar-refractivity contribution in [3.05, 3.63) is 65.2 Å². The highest BCUT2D eigenvalue weighted by atomic mass is 19.1. The van der Waals surface area contributed by atoms with Gasteiger partial charge >= 0.3 is 0 Å². The summed E-state index contributed by atoms with van der Waals surface area (Å²) in [4.78, 5) is 19.5. The predicted octanol–water partition coefficient (Wildman–Crippen LogP) is 1.96. The lowest BCUT2D eigenvalue weighted by molar-refractivity contribution is 0.1000. The Morgan fingerprint density at radius 1 is 1.14 bits per heavy atom. The van der Waals surface area contributed by atoms with Crippen LogP contribution >= 0.6 is 0 Å². The fraction of sp³-hybridized carbons (Fsp3) is 0.300. The Balaban J connectivity index is 1.59. The molecule has 0 aromatic heterocycles. The average Bonchev–Trinajstić information content (AvgIpc) is 2.71. The monoisotopic (exact) mass is 387 g/mol. The number of halogens is 2. The summed E-state index contributed by atoms with van der Waals surface area (Å²) < 4.78 is 27.4. The van der Waals surface area contributed by atoms with E-state index in [0.717, 1.165) is 17.7 Å². The summed E-state index contributed by atoms with van der Waals surface area (Å²) in [5, 5.41) is 3.27. The molecule has 0 bridgehead atoms. The summed E-state index contributed by atoms with van der Waals surface area (Å²) in [5.41, 5.74) is 6.97. The first-order valence-corrected chi connectivity index (χ1v) is 9.02. The molecule has 8 heteroatoms. The van der Waals surface area contributed by atoms with E-state index in [-0.39, 0.29) is 5.69 Å². The van der Waals surface area contributed by atoms with Crippen molar-refractivity contribution in [2.24, 2.45) is 10.7 Å². The number of amides is 1. The normalized spacial score (nSPS) is 14.9. The van der Waals surface area contributed by atoms with Crippen molar-refractivity contribution in [2.75, 3.05) is 38.1 Å². The first-order chi connectivity index (χ1) is 13.5. The molecule has 1 saturated heterocycles. The summed E-state index contributed by atoms with van der Waals surface area (Å²) in [6.45, 7) is 2.84. The predicted molar refractivity (Wildman–Crippen MR) is 105 cm³/mol. The van der Waals surface area contributed by atoms with Gasteiger partial charge in [0, 0.05) is 51.4 Å². The SMILES string of the molecule is CN=C(NCc1cccc(C(N)=O)c1)N1CCN(c2cc(F)ccc2F)CC1. The first kappa shape index (κ1) is 19.6. The first-order valence-electron chi connectivity index (χ1n) is 9.02. The topological polar surface area (TPSA) is 74.0 Å². The summed E-state index contributed by atoms with van der Waals surface area (Å²) in [7, 11) is 1.70. The van der Waals surface area contributed by atoms with Crippen molar-refractivity contribution < 1.29 is 13.6 Å². The highest BCUT2D eigenvalue weighted by molar-refractivity contribution is 5.92. The van der Waals surface area contributed by atoms with Crippen molar-refractivity contribution in [1.82, 2.24) is 10.2 Å².